The molecular weight excluding hydrogens is 314 g/mol. The van der Waals surface area contributed by atoms with Crippen molar-refractivity contribution in [1.29, 1.82) is 0 Å². The van der Waals surface area contributed by atoms with E-state index in [1.807, 2.05) is 30.3 Å². The minimum atomic E-state index is -3.23. The van der Waals surface area contributed by atoms with E-state index in [2.05, 4.69) is 0 Å². The fourth-order valence-corrected chi connectivity index (χ4v) is 5.20. The Balaban J connectivity index is 1.73. The smallest absolute Gasteiger partial charge is 0.225 e. The first-order valence-electron chi connectivity index (χ1n) is 8.21. The number of carbonyl (C=O) groups is 1. The van der Waals surface area contributed by atoms with Gasteiger partial charge in [-0.3, -0.25) is 4.79 Å². The maximum Gasteiger partial charge on any atom is 0.225 e. The molecule has 3 rings (SSSR count). The van der Waals surface area contributed by atoms with E-state index in [9.17, 15) is 13.2 Å². The van der Waals surface area contributed by atoms with E-state index in [1.165, 1.54) is 0 Å². The lowest BCUT2D eigenvalue weighted by molar-refractivity contribution is -0.138. The molecule has 0 N–H and O–H groups in total. The lowest BCUT2D eigenvalue weighted by Crippen LogP contribution is -2.40. The molecule has 0 saturated carbocycles. The fraction of sp³-hybridized carbons (Fsp3) is 0.588. The zero-order chi connectivity index (χ0) is 16.3. The number of amides is 1. The average molecular weight is 337 g/mol. The van der Waals surface area contributed by atoms with Crippen molar-refractivity contribution in [2.24, 2.45) is 5.92 Å². The standard InChI is InChI=1S/C17H23NO4S/c19-17(15-7-11-22-12-8-15)18-9-6-16(23(20,21)13-10-18)14-4-2-1-3-5-14/h1-5,15-16H,6-13H2. The Labute approximate surface area is 137 Å². The van der Waals surface area contributed by atoms with Gasteiger partial charge >= 0.3 is 0 Å². The van der Waals surface area contributed by atoms with Gasteiger partial charge in [0.15, 0.2) is 9.84 Å². The summed E-state index contributed by atoms with van der Waals surface area (Å²) in [7, 11) is -3.23. The number of rotatable bonds is 2. The van der Waals surface area contributed by atoms with Gasteiger partial charge in [-0.1, -0.05) is 30.3 Å². The molecule has 0 spiro atoms. The van der Waals surface area contributed by atoms with Crippen molar-refractivity contribution in [2.45, 2.75) is 24.5 Å². The van der Waals surface area contributed by atoms with Crippen LogP contribution in [0.2, 0.25) is 0 Å². The van der Waals surface area contributed by atoms with Crippen molar-refractivity contribution < 1.29 is 17.9 Å². The molecule has 2 aliphatic heterocycles. The van der Waals surface area contributed by atoms with Crippen molar-refractivity contribution in [3.05, 3.63) is 35.9 Å². The number of carbonyl (C=O) groups excluding carboxylic acids is 1. The van der Waals surface area contributed by atoms with E-state index >= 15 is 0 Å². The van der Waals surface area contributed by atoms with Crippen LogP contribution >= 0.6 is 0 Å². The minimum absolute atomic E-state index is 0.0141. The molecule has 1 amide bonds. The Bertz CT molecular complexity index is 638. The molecular formula is C17H23NO4S. The highest BCUT2D eigenvalue weighted by atomic mass is 32.2. The fourth-order valence-electron chi connectivity index (χ4n) is 3.41. The van der Waals surface area contributed by atoms with Crippen molar-refractivity contribution >= 4 is 15.7 Å². The average Bonchev–Trinajstić information content (AvgIpc) is 2.74. The number of hydrogen-bond acceptors (Lipinski definition) is 4. The summed E-state index contributed by atoms with van der Waals surface area (Å²) in [5, 5.41) is -0.504. The Morgan fingerprint density at radius 3 is 2.43 bits per heavy atom. The maximum absolute atomic E-state index is 12.6. The molecule has 6 heteroatoms. The zero-order valence-corrected chi connectivity index (χ0v) is 14.0. The topological polar surface area (TPSA) is 63.7 Å². The highest BCUT2D eigenvalue weighted by Gasteiger charge is 2.34. The number of sulfone groups is 1. The number of nitrogens with zero attached hydrogens (tertiary/aromatic N) is 1. The van der Waals surface area contributed by atoms with Gasteiger partial charge in [0.1, 0.15) is 0 Å². The van der Waals surface area contributed by atoms with Crippen molar-refractivity contribution in [3.63, 3.8) is 0 Å². The summed E-state index contributed by atoms with van der Waals surface area (Å²) in [6.07, 6.45) is 1.95. The first-order valence-corrected chi connectivity index (χ1v) is 9.92. The molecule has 126 valence electrons. The van der Waals surface area contributed by atoms with E-state index < -0.39 is 15.1 Å². The molecule has 2 fully saturated rings. The van der Waals surface area contributed by atoms with Crippen LogP contribution in [-0.2, 0) is 19.4 Å². The van der Waals surface area contributed by atoms with E-state index in [0.29, 0.717) is 32.7 Å². The Morgan fingerprint density at radius 1 is 1.04 bits per heavy atom. The highest BCUT2D eigenvalue weighted by Crippen LogP contribution is 2.30. The lowest BCUT2D eigenvalue weighted by Gasteiger charge is -2.28. The molecule has 1 atom stereocenters. The van der Waals surface area contributed by atoms with E-state index in [-0.39, 0.29) is 17.6 Å². The number of benzene rings is 1. The molecule has 5 nitrogen and oxygen atoms in total. The molecule has 0 radical (unpaired) electrons. The Kier molecular flexibility index (Phi) is 5.02. The van der Waals surface area contributed by atoms with Crippen LogP contribution in [-0.4, -0.2) is 51.3 Å². The second kappa shape index (κ2) is 7.01. The van der Waals surface area contributed by atoms with E-state index in [1.54, 1.807) is 4.90 Å². The van der Waals surface area contributed by atoms with Crippen LogP contribution in [0.5, 0.6) is 0 Å². The van der Waals surface area contributed by atoms with Gasteiger partial charge in [0, 0.05) is 32.2 Å². The van der Waals surface area contributed by atoms with Crippen LogP contribution in [0.3, 0.4) is 0 Å². The van der Waals surface area contributed by atoms with Crippen LogP contribution in [0.4, 0.5) is 0 Å². The third kappa shape index (κ3) is 3.75. The largest absolute Gasteiger partial charge is 0.381 e. The van der Waals surface area contributed by atoms with Gasteiger partial charge in [-0.2, -0.15) is 0 Å². The number of ether oxygens (including phenoxy) is 1. The van der Waals surface area contributed by atoms with Crippen LogP contribution < -0.4 is 0 Å². The van der Waals surface area contributed by atoms with Gasteiger partial charge in [0.2, 0.25) is 5.91 Å². The van der Waals surface area contributed by atoms with Gasteiger partial charge in [0.05, 0.1) is 11.0 Å². The highest BCUT2D eigenvalue weighted by molar-refractivity contribution is 7.91. The summed E-state index contributed by atoms with van der Waals surface area (Å²) in [6.45, 7) is 2.06. The Hall–Kier alpha value is -1.40. The molecule has 2 aliphatic rings. The molecule has 2 saturated heterocycles. The predicted octanol–water partition coefficient (Wildman–Crippen LogP) is 1.80. The van der Waals surface area contributed by atoms with Crippen LogP contribution in [0, 0.1) is 5.92 Å². The molecule has 0 aliphatic carbocycles. The summed E-state index contributed by atoms with van der Waals surface area (Å²) in [4.78, 5) is 14.4. The summed E-state index contributed by atoms with van der Waals surface area (Å²) in [5.74, 6) is 0.124. The van der Waals surface area contributed by atoms with Gasteiger partial charge in [-0.25, -0.2) is 8.42 Å². The summed E-state index contributed by atoms with van der Waals surface area (Å²) < 4.78 is 30.5. The van der Waals surface area contributed by atoms with Crippen molar-refractivity contribution in [3.8, 4) is 0 Å². The van der Waals surface area contributed by atoms with Crippen molar-refractivity contribution in [2.75, 3.05) is 32.1 Å². The summed E-state index contributed by atoms with van der Waals surface area (Å²) >= 11 is 0. The van der Waals surface area contributed by atoms with Gasteiger partial charge in [-0.05, 0) is 24.8 Å². The molecule has 1 aromatic carbocycles. The third-order valence-electron chi connectivity index (χ3n) is 4.79. The molecule has 23 heavy (non-hydrogen) atoms. The summed E-state index contributed by atoms with van der Waals surface area (Å²) in [5.41, 5.74) is 0.827. The van der Waals surface area contributed by atoms with Crippen LogP contribution in [0.15, 0.2) is 30.3 Å². The van der Waals surface area contributed by atoms with Crippen molar-refractivity contribution in [1.82, 2.24) is 4.90 Å². The zero-order valence-electron chi connectivity index (χ0n) is 13.2. The van der Waals surface area contributed by atoms with Gasteiger partial charge in [0.25, 0.3) is 0 Å². The van der Waals surface area contributed by atoms with E-state index in [0.717, 1.165) is 18.4 Å². The second-order valence-electron chi connectivity index (χ2n) is 6.27. The normalized spacial score (nSPS) is 25.7. The molecule has 1 aromatic rings. The molecule has 0 aromatic heterocycles. The molecule has 0 bridgehead atoms. The summed E-state index contributed by atoms with van der Waals surface area (Å²) in [6, 6.07) is 9.32. The monoisotopic (exact) mass is 337 g/mol. The van der Waals surface area contributed by atoms with Gasteiger partial charge < -0.3 is 9.64 Å². The number of hydrogen-bond donors (Lipinski definition) is 0. The van der Waals surface area contributed by atoms with Crippen LogP contribution in [0.25, 0.3) is 0 Å². The molecule has 1 unspecified atom stereocenters. The quantitative estimate of drug-likeness (QED) is 0.825. The third-order valence-corrected chi connectivity index (χ3v) is 6.92. The first-order chi connectivity index (χ1) is 11.1. The van der Waals surface area contributed by atoms with Gasteiger partial charge in [-0.15, -0.1) is 0 Å². The molecule has 2 heterocycles. The second-order valence-corrected chi connectivity index (χ2v) is 8.57. The lowest BCUT2D eigenvalue weighted by atomic mass is 9.98. The Morgan fingerprint density at radius 2 is 1.74 bits per heavy atom. The maximum atomic E-state index is 12.6. The minimum Gasteiger partial charge on any atom is -0.381 e. The first kappa shape index (κ1) is 16.5. The SMILES string of the molecule is O=C(C1CCOCC1)N1CCC(c2ccccc2)S(=O)(=O)CC1. The van der Waals surface area contributed by atoms with E-state index in [4.69, 9.17) is 4.74 Å². The van der Waals surface area contributed by atoms with Crippen LogP contribution in [0.1, 0.15) is 30.1 Å². The predicted molar refractivity (Wildman–Crippen MR) is 87.7 cm³/mol.